The van der Waals surface area contributed by atoms with Crippen LogP contribution >= 0.6 is 0 Å². The molecule has 0 spiro atoms. The second kappa shape index (κ2) is 12.2. The topological polar surface area (TPSA) is 90.5 Å². The van der Waals surface area contributed by atoms with E-state index < -0.39 is 0 Å². The van der Waals surface area contributed by atoms with Crippen molar-refractivity contribution >= 4 is 29.1 Å². The molecule has 0 radical (unpaired) electrons. The van der Waals surface area contributed by atoms with Crippen molar-refractivity contribution in [2.45, 2.75) is 19.4 Å². The zero-order valence-electron chi connectivity index (χ0n) is 19.5. The summed E-state index contributed by atoms with van der Waals surface area (Å²) in [7, 11) is 3.48. The molecule has 0 aliphatic carbocycles. The maximum absolute atomic E-state index is 12.5. The number of rotatable bonds is 10. The highest BCUT2D eigenvalue weighted by Gasteiger charge is 2.09. The van der Waals surface area contributed by atoms with E-state index in [0.29, 0.717) is 30.6 Å². The van der Waals surface area contributed by atoms with E-state index >= 15 is 0 Å². The Bertz CT molecular complexity index is 1130. The minimum absolute atomic E-state index is 0.0739. The van der Waals surface area contributed by atoms with Gasteiger partial charge in [0.05, 0.1) is 6.54 Å². The van der Waals surface area contributed by atoms with E-state index in [1.165, 1.54) is 0 Å². The number of nitrogens with one attached hydrogen (secondary N) is 3. The molecule has 3 aromatic rings. The van der Waals surface area contributed by atoms with Crippen molar-refractivity contribution in [3.8, 4) is 0 Å². The number of nitrogens with zero attached hydrogens (tertiary/aromatic N) is 1. The summed E-state index contributed by atoms with van der Waals surface area (Å²) in [5, 5.41) is 8.80. The summed E-state index contributed by atoms with van der Waals surface area (Å²) in [6.45, 7) is 0.507. The van der Waals surface area contributed by atoms with Crippen LogP contribution in [-0.4, -0.2) is 43.3 Å². The molecular formula is C27H30N4O3. The first-order valence-corrected chi connectivity index (χ1v) is 11.2. The van der Waals surface area contributed by atoms with Crippen molar-refractivity contribution in [2.24, 2.45) is 0 Å². The van der Waals surface area contributed by atoms with Crippen LogP contribution in [0.2, 0.25) is 0 Å². The van der Waals surface area contributed by atoms with Gasteiger partial charge in [0.15, 0.2) is 0 Å². The largest absolute Gasteiger partial charge is 0.376 e. The average molecular weight is 459 g/mol. The van der Waals surface area contributed by atoms with Gasteiger partial charge in [0.1, 0.15) is 0 Å². The van der Waals surface area contributed by atoms with Gasteiger partial charge in [-0.15, -0.1) is 0 Å². The zero-order chi connectivity index (χ0) is 24.3. The molecule has 0 saturated carbocycles. The molecule has 0 fully saturated rings. The van der Waals surface area contributed by atoms with Crippen LogP contribution in [0.5, 0.6) is 0 Å². The SMILES string of the molecule is CN(C)C(=O)CCc1cccc(NCC(=O)Nc2cccc(C(=O)NCc3ccccc3)c2)c1. The monoisotopic (exact) mass is 458 g/mol. The average Bonchev–Trinajstić information content (AvgIpc) is 2.85. The third-order valence-electron chi connectivity index (χ3n) is 5.21. The standard InChI is InChI=1S/C27H30N4O3/c1-31(2)26(33)15-14-20-10-6-12-23(16-20)28-19-25(32)30-24-13-7-11-22(17-24)27(34)29-18-21-8-4-3-5-9-21/h3-13,16-17,28H,14-15,18-19H2,1-2H3,(H,29,34)(H,30,32). The lowest BCUT2D eigenvalue weighted by Gasteiger charge is -2.12. The third kappa shape index (κ3) is 7.78. The van der Waals surface area contributed by atoms with Gasteiger partial charge in [-0.25, -0.2) is 0 Å². The Morgan fingerprint density at radius 1 is 0.794 bits per heavy atom. The molecule has 7 heteroatoms. The minimum Gasteiger partial charge on any atom is -0.376 e. The molecule has 3 rings (SSSR count). The third-order valence-corrected chi connectivity index (χ3v) is 5.21. The summed E-state index contributed by atoms with van der Waals surface area (Å²) in [5.41, 5.74) is 3.87. The van der Waals surface area contributed by atoms with E-state index in [2.05, 4.69) is 16.0 Å². The van der Waals surface area contributed by atoms with Crippen LogP contribution in [0, 0.1) is 0 Å². The predicted molar refractivity (Wildman–Crippen MR) is 135 cm³/mol. The fraction of sp³-hybridized carbons (Fsp3) is 0.222. The Morgan fingerprint density at radius 3 is 2.26 bits per heavy atom. The van der Waals surface area contributed by atoms with E-state index in [0.717, 1.165) is 16.8 Å². The Morgan fingerprint density at radius 2 is 1.50 bits per heavy atom. The molecule has 3 N–H and O–H groups in total. The maximum atomic E-state index is 12.5. The van der Waals surface area contributed by atoms with Crippen molar-refractivity contribution in [2.75, 3.05) is 31.3 Å². The highest BCUT2D eigenvalue weighted by molar-refractivity contribution is 5.98. The second-order valence-corrected chi connectivity index (χ2v) is 8.14. The van der Waals surface area contributed by atoms with E-state index in [4.69, 9.17) is 0 Å². The van der Waals surface area contributed by atoms with Crippen LogP contribution in [0.4, 0.5) is 11.4 Å². The van der Waals surface area contributed by atoms with E-state index in [1.54, 1.807) is 43.3 Å². The number of hydrogen-bond donors (Lipinski definition) is 3. The molecule has 176 valence electrons. The normalized spacial score (nSPS) is 10.3. The van der Waals surface area contributed by atoms with Crippen LogP contribution in [-0.2, 0) is 22.6 Å². The highest BCUT2D eigenvalue weighted by Crippen LogP contribution is 2.14. The summed E-state index contributed by atoms with van der Waals surface area (Å²) in [6, 6.07) is 24.2. The van der Waals surface area contributed by atoms with Crippen LogP contribution in [0.3, 0.4) is 0 Å². The molecule has 3 amide bonds. The highest BCUT2D eigenvalue weighted by atomic mass is 16.2. The first kappa shape index (κ1) is 24.5. The Kier molecular flexibility index (Phi) is 8.80. The van der Waals surface area contributed by atoms with Gasteiger partial charge >= 0.3 is 0 Å². The minimum atomic E-state index is -0.227. The van der Waals surface area contributed by atoms with Crippen molar-refractivity contribution in [3.05, 3.63) is 95.6 Å². The molecular weight excluding hydrogens is 428 g/mol. The zero-order valence-corrected chi connectivity index (χ0v) is 19.5. The summed E-state index contributed by atoms with van der Waals surface area (Å²) in [4.78, 5) is 38.3. The molecule has 7 nitrogen and oxygen atoms in total. The molecule has 34 heavy (non-hydrogen) atoms. The molecule has 0 aliphatic heterocycles. The molecule has 3 aromatic carbocycles. The molecule has 0 atom stereocenters. The van der Waals surface area contributed by atoms with Crippen molar-refractivity contribution < 1.29 is 14.4 Å². The Hall–Kier alpha value is -4.13. The van der Waals surface area contributed by atoms with Gasteiger partial charge in [-0.1, -0.05) is 48.5 Å². The lowest BCUT2D eigenvalue weighted by molar-refractivity contribution is -0.128. The lowest BCUT2D eigenvalue weighted by Crippen LogP contribution is -2.24. The van der Waals surface area contributed by atoms with Gasteiger partial charge in [0, 0.05) is 44.0 Å². The summed E-state index contributed by atoms with van der Waals surface area (Å²) >= 11 is 0. The Labute approximate surface area is 200 Å². The number of carbonyl (C=O) groups is 3. The number of carbonyl (C=O) groups excluding carboxylic acids is 3. The van der Waals surface area contributed by atoms with Crippen molar-refractivity contribution in [3.63, 3.8) is 0 Å². The maximum Gasteiger partial charge on any atom is 0.251 e. The quantitative estimate of drug-likeness (QED) is 0.432. The lowest BCUT2D eigenvalue weighted by atomic mass is 10.1. The number of aryl methyl sites for hydroxylation is 1. The number of hydrogen-bond acceptors (Lipinski definition) is 4. The number of benzene rings is 3. The molecule has 0 unspecified atom stereocenters. The van der Waals surface area contributed by atoms with Gasteiger partial charge in [0.2, 0.25) is 11.8 Å². The van der Waals surface area contributed by atoms with Gasteiger partial charge in [-0.3, -0.25) is 14.4 Å². The van der Waals surface area contributed by atoms with Crippen LogP contribution in [0.25, 0.3) is 0 Å². The Balaban J connectivity index is 1.49. The van der Waals surface area contributed by atoms with E-state index in [9.17, 15) is 14.4 Å². The second-order valence-electron chi connectivity index (χ2n) is 8.14. The smallest absolute Gasteiger partial charge is 0.251 e. The first-order valence-electron chi connectivity index (χ1n) is 11.2. The van der Waals surface area contributed by atoms with Gasteiger partial charge in [0.25, 0.3) is 5.91 Å². The van der Waals surface area contributed by atoms with Crippen LogP contribution in [0.1, 0.15) is 27.9 Å². The summed E-state index contributed by atoms with van der Waals surface area (Å²) in [6.07, 6.45) is 1.07. The van der Waals surface area contributed by atoms with Crippen molar-refractivity contribution in [1.82, 2.24) is 10.2 Å². The molecule has 0 aliphatic rings. The van der Waals surface area contributed by atoms with Crippen LogP contribution < -0.4 is 16.0 Å². The summed E-state index contributed by atoms with van der Waals surface area (Å²) in [5.74, 6) is -0.355. The predicted octanol–water partition coefficient (Wildman–Crippen LogP) is 3.69. The number of amides is 3. The van der Waals surface area contributed by atoms with Gasteiger partial charge in [-0.05, 0) is 47.9 Å². The van der Waals surface area contributed by atoms with Crippen LogP contribution in [0.15, 0.2) is 78.9 Å². The molecule has 0 heterocycles. The van der Waals surface area contributed by atoms with Crippen molar-refractivity contribution in [1.29, 1.82) is 0 Å². The molecule has 0 aromatic heterocycles. The van der Waals surface area contributed by atoms with E-state index in [1.807, 2.05) is 54.6 Å². The fourth-order valence-corrected chi connectivity index (χ4v) is 3.32. The van der Waals surface area contributed by atoms with Gasteiger partial charge in [-0.2, -0.15) is 0 Å². The fourth-order valence-electron chi connectivity index (χ4n) is 3.32. The molecule has 0 bridgehead atoms. The first-order chi connectivity index (χ1) is 16.4. The summed E-state index contributed by atoms with van der Waals surface area (Å²) < 4.78 is 0. The number of anilines is 2. The van der Waals surface area contributed by atoms with E-state index in [-0.39, 0.29) is 24.3 Å². The van der Waals surface area contributed by atoms with Gasteiger partial charge < -0.3 is 20.9 Å². The molecule has 0 saturated heterocycles.